The van der Waals surface area contributed by atoms with E-state index in [2.05, 4.69) is 28.8 Å². The molecule has 0 saturated carbocycles. The Bertz CT molecular complexity index is 1530. The molecule has 1 aliphatic heterocycles. The van der Waals surface area contributed by atoms with Crippen LogP contribution in [0.4, 0.5) is 0 Å². The van der Waals surface area contributed by atoms with Crippen molar-refractivity contribution in [3.63, 3.8) is 0 Å². The van der Waals surface area contributed by atoms with E-state index in [-0.39, 0.29) is 12.2 Å². The fraction of sp³-hybridized carbons (Fsp3) is 0.524. The minimum absolute atomic E-state index is 0.188. The molecule has 0 radical (unpaired) electrons. The monoisotopic (exact) mass is 758 g/mol. The van der Waals surface area contributed by atoms with Crippen molar-refractivity contribution in [3.8, 4) is 11.1 Å². The Labute approximate surface area is 320 Å². The molecule has 1 fully saturated rings. The Kier molecular flexibility index (Phi) is 26.9. The lowest BCUT2D eigenvalue weighted by atomic mass is 9.93. The average Bonchev–Trinajstić information content (AvgIpc) is 3.65. The number of carboxylic acid groups (broad SMARTS) is 1. The molecule has 0 aliphatic carbocycles. The van der Waals surface area contributed by atoms with Gasteiger partial charge in [0, 0.05) is 46.3 Å². The van der Waals surface area contributed by atoms with E-state index >= 15 is 0 Å². The number of rotatable bonds is 14. The van der Waals surface area contributed by atoms with Gasteiger partial charge in [-0.25, -0.2) is 13.2 Å². The zero-order chi connectivity index (χ0) is 40.2. The van der Waals surface area contributed by atoms with Crippen molar-refractivity contribution in [1.29, 1.82) is 0 Å². The quantitative estimate of drug-likeness (QED) is 0.169. The lowest BCUT2D eigenvalue weighted by Gasteiger charge is -2.19. The fourth-order valence-electron chi connectivity index (χ4n) is 5.15. The van der Waals surface area contributed by atoms with Gasteiger partial charge in [-0.3, -0.25) is 9.69 Å². The predicted octanol–water partition coefficient (Wildman–Crippen LogP) is 7.82. The van der Waals surface area contributed by atoms with Crippen molar-refractivity contribution < 1.29 is 37.3 Å². The van der Waals surface area contributed by atoms with Crippen LogP contribution in [0.1, 0.15) is 87.4 Å². The summed E-state index contributed by atoms with van der Waals surface area (Å²) in [4.78, 5) is 27.1. The second kappa shape index (κ2) is 28.8. The number of nitrogens with one attached hydrogen (secondary N) is 1. The number of ether oxygens (including phenoxy) is 3. The third-order valence-electron chi connectivity index (χ3n) is 7.93. The van der Waals surface area contributed by atoms with E-state index in [4.69, 9.17) is 9.47 Å². The lowest BCUT2D eigenvalue weighted by Crippen LogP contribution is -2.42. The summed E-state index contributed by atoms with van der Waals surface area (Å²) in [6.45, 7) is 16.7. The highest BCUT2D eigenvalue weighted by Crippen LogP contribution is 2.29. The molecule has 2 unspecified atom stereocenters. The van der Waals surface area contributed by atoms with Crippen LogP contribution in [-0.4, -0.2) is 95.5 Å². The number of likely N-dealkylation sites (tertiary alicyclic amines) is 1. The van der Waals surface area contributed by atoms with Crippen LogP contribution >= 0.6 is 0 Å². The summed E-state index contributed by atoms with van der Waals surface area (Å²) >= 11 is 0. The molecule has 1 amide bonds. The van der Waals surface area contributed by atoms with Crippen LogP contribution in [0.25, 0.3) is 11.1 Å². The van der Waals surface area contributed by atoms with Crippen LogP contribution in [0.2, 0.25) is 0 Å². The average molecular weight is 759 g/mol. The van der Waals surface area contributed by atoms with E-state index in [0.717, 1.165) is 61.2 Å². The van der Waals surface area contributed by atoms with Gasteiger partial charge in [-0.2, -0.15) is 0 Å². The van der Waals surface area contributed by atoms with Crippen LogP contribution in [0.5, 0.6) is 0 Å². The third-order valence-corrected chi connectivity index (χ3v) is 8.91. The van der Waals surface area contributed by atoms with E-state index in [1.807, 2.05) is 94.4 Å². The first-order chi connectivity index (χ1) is 25.3. The van der Waals surface area contributed by atoms with Crippen molar-refractivity contribution in [2.24, 2.45) is 0 Å². The second-order valence-electron chi connectivity index (χ2n) is 12.5. The number of hydrogen-bond donors (Lipinski definition) is 2. The standard InChI is InChI=1S/C24H30N2O5S.C8H10O.C6H14O.C2H6O.C2H6/c1-17-7-3-4-8-19(17)21-15-18(16-26-12-5-6-13-26)9-10-20(21)23(27)25-22(24(28)29)11-14-32(2,30)31;1-9-7-8-5-3-2-4-6-8;1-4-6(3)7-5-2;1-3-2;1-2/h3-4,7-10,15,22H,5-6,11-14,16H2,1-2H3,(H,25,27)(H,28,29);2-6H,7H2,1H3;6H,4-5H2,1-3H3;1-2H3;1-2H3. The molecule has 10 nitrogen and oxygen atoms in total. The number of hydrogen-bond acceptors (Lipinski definition) is 8. The number of benzene rings is 3. The zero-order valence-corrected chi connectivity index (χ0v) is 34.6. The fourth-order valence-corrected chi connectivity index (χ4v) is 5.82. The number of carboxylic acids is 1. The molecule has 1 saturated heterocycles. The largest absolute Gasteiger partial charge is 0.480 e. The Morgan fingerprint density at radius 1 is 0.887 bits per heavy atom. The Morgan fingerprint density at radius 2 is 1.47 bits per heavy atom. The van der Waals surface area contributed by atoms with Gasteiger partial charge >= 0.3 is 5.97 Å². The van der Waals surface area contributed by atoms with E-state index in [0.29, 0.717) is 18.3 Å². The van der Waals surface area contributed by atoms with Gasteiger partial charge in [0.1, 0.15) is 15.9 Å². The number of carbonyl (C=O) groups excluding carboxylic acids is 1. The van der Waals surface area contributed by atoms with E-state index < -0.39 is 27.8 Å². The molecule has 11 heteroatoms. The molecule has 3 aromatic rings. The number of aryl methyl sites for hydroxylation is 1. The summed E-state index contributed by atoms with van der Waals surface area (Å²) in [5.74, 6) is -2.11. The van der Waals surface area contributed by atoms with E-state index in [1.165, 1.54) is 18.4 Å². The van der Waals surface area contributed by atoms with Gasteiger partial charge < -0.3 is 24.6 Å². The third kappa shape index (κ3) is 21.6. The normalized spacial score (nSPS) is 13.2. The van der Waals surface area contributed by atoms with Gasteiger partial charge in [-0.05, 0) is 99.5 Å². The van der Waals surface area contributed by atoms with Gasteiger partial charge in [-0.1, -0.05) is 81.4 Å². The van der Waals surface area contributed by atoms with Crippen molar-refractivity contribution in [3.05, 3.63) is 95.1 Å². The molecule has 298 valence electrons. The Morgan fingerprint density at radius 3 is 1.96 bits per heavy atom. The number of amides is 1. The van der Waals surface area contributed by atoms with Crippen molar-refractivity contribution in [1.82, 2.24) is 10.2 Å². The SMILES string of the molecule is CC.CCOC(C)CC.COC.COCc1ccccc1.Cc1ccccc1-c1cc(CN2CCCC2)ccc1C(=O)NC(CCS(C)(=O)=O)C(=O)O. The summed E-state index contributed by atoms with van der Waals surface area (Å²) in [6.07, 6.45) is 4.80. The first-order valence-corrected chi connectivity index (χ1v) is 20.5. The summed E-state index contributed by atoms with van der Waals surface area (Å²) in [5.41, 5.74) is 5.34. The molecular formula is C42H66N2O8S. The highest BCUT2D eigenvalue weighted by molar-refractivity contribution is 7.90. The minimum Gasteiger partial charge on any atom is -0.480 e. The number of methoxy groups -OCH3 is 2. The highest BCUT2D eigenvalue weighted by Gasteiger charge is 2.24. The van der Waals surface area contributed by atoms with Crippen LogP contribution in [0.15, 0.2) is 72.8 Å². The van der Waals surface area contributed by atoms with Crippen LogP contribution in [0.3, 0.4) is 0 Å². The molecule has 0 bridgehead atoms. The molecule has 1 aliphatic rings. The first kappa shape index (κ1) is 49.4. The van der Waals surface area contributed by atoms with E-state index in [1.54, 1.807) is 27.4 Å². The lowest BCUT2D eigenvalue weighted by molar-refractivity contribution is -0.139. The summed E-state index contributed by atoms with van der Waals surface area (Å²) in [6, 6.07) is 22.2. The number of sulfone groups is 1. The highest BCUT2D eigenvalue weighted by atomic mass is 32.2. The predicted molar refractivity (Wildman–Crippen MR) is 217 cm³/mol. The summed E-state index contributed by atoms with van der Waals surface area (Å²) < 4.78 is 37.3. The molecule has 1 heterocycles. The van der Waals surface area contributed by atoms with Crippen LogP contribution < -0.4 is 5.32 Å². The van der Waals surface area contributed by atoms with Crippen molar-refractivity contribution in [2.45, 2.75) is 92.5 Å². The van der Waals surface area contributed by atoms with Crippen LogP contribution in [0, 0.1) is 6.92 Å². The van der Waals surface area contributed by atoms with E-state index in [9.17, 15) is 23.1 Å². The molecule has 3 aromatic carbocycles. The molecule has 2 atom stereocenters. The smallest absolute Gasteiger partial charge is 0.326 e. The van der Waals surface area contributed by atoms with Crippen molar-refractivity contribution >= 4 is 21.7 Å². The van der Waals surface area contributed by atoms with Crippen LogP contribution in [-0.2, 0) is 42.0 Å². The molecular weight excluding hydrogens is 693 g/mol. The Hall–Kier alpha value is -3.61. The number of nitrogens with zero attached hydrogens (tertiary/aromatic N) is 1. The minimum atomic E-state index is -3.35. The van der Waals surface area contributed by atoms with Gasteiger partial charge in [0.25, 0.3) is 5.91 Å². The van der Waals surface area contributed by atoms with Gasteiger partial charge in [-0.15, -0.1) is 0 Å². The zero-order valence-electron chi connectivity index (χ0n) is 33.8. The molecule has 0 aromatic heterocycles. The molecule has 2 N–H and O–H groups in total. The number of carbonyl (C=O) groups is 2. The number of aliphatic carboxylic acids is 1. The van der Waals surface area contributed by atoms with Gasteiger partial charge in [0.05, 0.1) is 18.5 Å². The van der Waals surface area contributed by atoms with Crippen molar-refractivity contribution in [2.75, 3.05) is 53.0 Å². The molecule has 0 spiro atoms. The molecule has 53 heavy (non-hydrogen) atoms. The maximum atomic E-state index is 13.1. The second-order valence-corrected chi connectivity index (χ2v) is 14.7. The maximum Gasteiger partial charge on any atom is 0.326 e. The van der Waals surface area contributed by atoms with Gasteiger partial charge in [0.15, 0.2) is 0 Å². The van der Waals surface area contributed by atoms with Gasteiger partial charge in [0.2, 0.25) is 0 Å². The topological polar surface area (TPSA) is 131 Å². The summed E-state index contributed by atoms with van der Waals surface area (Å²) in [7, 11) is 1.60. The first-order valence-electron chi connectivity index (χ1n) is 18.5. The molecule has 4 rings (SSSR count). The Balaban J connectivity index is 0.00000105. The summed E-state index contributed by atoms with van der Waals surface area (Å²) in [5, 5.41) is 12.0. The maximum absolute atomic E-state index is 13.1.